The third kappa shape index (κ3) is 4.55. The molecule has 4 heterocycles. The lowest BCUT2D eigenvalue weighted by Gasteiger charge is -2.37. The SMILES string of the molecule is Cc1ccc(Cl)cc1N1CCN(CCCNc2ncnc3c2nc2n3CCCCC2)CC1. The molecule has 7 nitrogen and oxygen atoms in total. The van der Waals surface area contributed by atoms with Gasteiger partial charge >= 0.3 is 0 Å². The number of aryl methyl sites for hydroxylation is 3. The molecule has 0 bridgehead atoms. The van der Waals surface area contributed by atoms with Crippen molar-refractivity contribution in [2.75, 3.05) is 49.5 Å². The van der Waals surface area contributed by atoms with E-state index in [1.807, 2.05) is 6.07 Å². The zero-order valence-corrected chi connectivity index (χ0v) is 19.6. The van der Waals surface area contributed by atoms with Gasteiger partial charge in [0.25, 0.3) is 0 Å². The standard InChI is InChI=1S/C24H32ClN7/c1-18-7-8-19(25)16-20(18)31-14-12-30(13-15-31)10-5-9-26-23-22-24(28-17-27-23)32-11-4-2-3-6-21(32)29-22/h7-8,16-17H,2-6,9-15H2,1H3,(H,26,27,28). The van der Waals surface area contributed by atoms with Crippen LogP contribution >= 0.6 is 11.6 Å². The zero-order valence-electron chi connectivity index (χ0n) is 18.9. The first kappa shape index (κ1) is 21.5. The lowest BCUT2D eigenvalue weighted by Crippen LogP contribution is -2.47. The highest BCUT2D eigenvalue weighted by Gasteiger charge is 2.19. The van der Waals surface area contributed by atoms with Crippen LogP contribution in [0.25, 0.3) is 11.2 Å². The molecule has 3 aromatic rings. The predicted octanol–water partition coefficient (Wildman–Crippen LogP) is 4.14. The van der Waals surface area contributed by atoms with Gasteiger partial charge in [0.2, 0.25) is 0 Å². The van der Waals surface area contributed by atoms with Gasteiger partial charge in [-0.25, -0.2) is 15.0 Å². The fraction of sp³-hybridized carbons (Fsp3) is 0.542. The highest BCUT2D eigenvalue weighted by Crippen LogP contribution is 2.26. The number of hydrogen-bond donors (Lipinski definition) is 1. The van der Waals surface area contributed by atoms with E-state index in [-0.39, 0.29) is 0 Å². The number of piperazine rings is 1. The van der Waals surface area contributed by atoms with Crippen LogP contribution in [0.15, 0.2) is 24.5 Å². The van der Waals surface area contributed by atoms with Crippen molar-refractivity contribution >= 4 is 34.3 Å². The molecule has 0 amide bonds. The van der Waals surface area contributed by atoms with Crippen LogP contribution in [-0.2, 0) is 13.0 Å². The second-order valence-corrected chi connectivity index (χ2v) is 9.36. The molecule has 0 atom stereocenters. The van der Waals surface area contributed by atoms with Crippen molar-refractivity contribution in [3.63, 3.8) is 0 Å². The molecule has 0 spiro atoms. The van der Waals surface area contributed by atoms with Gasteiger partial charge in [0.15, 0.2) is 17.0 Å². The molecule has 170 valence electrons. The molecule has 0 aliphatic carbocycles. The van der Waals surface area contributed by atoms with Gasteiger partial charge < -0.3 is 14.8 Å². The summed E-state index contributed by atoms with van der Waals surface area (Å²) in [6.07, 6.45) is 7.47. The van der Waals surface area contributed by atoms with Crippen molar-refractivity contribution < 1.29 is 0 Å². The topological polar surface area (TPSA) is 62.1 Å². The first-order valence-corrected chi connectivity index (χ1v) is 12.2. The van der Waals surface area contributed by atoms with Crippen LogP contribution in [0.3, 0.4) is 0 Å². The summed E-state index contributed by atoms with van der Waals surface area (Å²) in [6.45, 7) is 9.40. The Morgan fingerprint density at radius 2 is 1.91 bits per heavy atom. The molecule has 2 aliphatic rings. The van der Waals surface area contributed by atoms with Gasteiger partial charge in [0, 0.05) is 56.4 Å². The number of rotatable bonds is 6. The Labute approximate surface area is 194 Å². The van der Waals surface area contributed by atoms with Crippen molar-refractivity contribution in [2.45, 2.75) is 45.6 Å². The molecule has 0 saturated carbocycles. The molecule has 1 fully saturated rings. The van der Waals surface area contributed by atoms with Crippen molar-refractivity contribution in [1.29, 1.82) is 0 Å². The number of nitrogens with zero attached hydrogens (tertiary/aromatic N) is 6. The van der Waals surface area contributed by atoms with Crippen LogP contribution < -0.4 is 10.2 Å². The van der Waals surface area contributed by atoms with E-state index in [0.717, 1.165) is 86.5 Å². The molecule has 8 heteroatoms. The fourth-order valence-electron chi connectivity index (χ4n) is 4.91. The Morgan fingerprint density at radius 1 is 1.03 bits per heavy atom. The summed E-state index contributed by atoms with van der Waals surface area (Å²) in [5.74, 6) is 2.03. The Kier molecular flexibility index (Phi) is 6.46. The van der Waals surface area contributed by atoms with E-state index in [4.69, 9.17) is 16.6 Å². The summed E-state index contributed by atoms with van der Waals surface area (Å²) in [6, 6.07) is 6.17. The molecule has 1 aromatic carbocycles. The molecule has 0 radical (unpaired) electrons. The molecule has 2 aliphatic heterocycles. The van der Waals surface area contributed by atoms with Gasteiger partial charge in [-0.05, 0) is 50.4 Å². The summed E-state index contributed by atoms with van der Waals surface area (Å²) in [5, 5.41) is 4.33. The number of aromatic nitrogens is 4. The normalized spacial score (nSPS) is 17.4. The first-order chi connectivity index (χ1) is 15.7. The molecule has 1 N–H and O–H groups in total. The molecule has 32 heavy (non-hydrogen) atoms. The quantitative estimate of drug-likeness (QED) is 0.566. The van der Waals surface area contributed by atoms with Gasteiger partial charge in [-0.1, -0.05) is 24.1 Å². The minimum Gasteiger partial charge on any atom is -0.369 e. The smallest absolute Gasteiger partial charge is 0.165 e. The minimum atomic E-state index is 0.812. The van der Waals surface area contributed by atoms with Crippen molar-refractivity contribution in [1.82, 2.24) is 24.4 Å². The van der Waals surface area contributed by atoms with E-state index in [2.05, 4.69) is 48.7 Å². The molecule has 0 unspecified atom stereocenters. The van der Waals surface area contributed by atoms with Crippen LogP contribution in [0.4, 0.5) is 11.5 Å². The number of fused-ring (bicyclic) bond motifs is 3. The minimum absolute atomic E-state index is 0.812. The Morgan fingerprint density at radius 3 is 2.78 bits per heavy atom. The summed E-state index contributed by atoms with van der Waals surface area (Å²) in [5.41, 5.74) is 4.46. The summed E-state index contributed by atoms with van der Waals surface area (Å²) in [4.78, 5) is 18.9. The number of benzene rings is 1. The van der Waals surface area contributed by atoms with Gasteiger partial charge in [0.05, 0.1) is 0 Å². The van der Waals surface area contributed by atoms with E-state index in [1.165, 1.54) is 30.5 Å². The highest BCUT2D eigenvalue weighted by atomic mass is 35.5. The van der Waals surface area contributed by atoms with Crippen LogP contribution in [0, 0.1) is 6.92 Å². The average Bonchev–Trinajstić information content (AvgIpc) is 3.00. The van der Waals surface area contributed by atoms with Crippen LogP contribution in [0.1, 0.15) is 37.1 Å². The van der Waals surface area contributed by atoms with Crippen molar-refractivity contribution in [3.8, 4) is 0 Å². The van der Waals surface area contributed by atoms with E-state index in [9.17, 15) is 0 Å². The molecular formula is C24H32ClN7. The lowest BCUT2D eigenvalue weighted by molar-refractivity contribution is 0.257. The fourth-order valence-corrected chi connectivity index (χ4v) is 5.08. The van der Waals surface area contributed by atoms with Crippen molar-refractivity contribution in [3.05, 3.63) is 40.9 Å². The zero-order chi connectivity index (χ0) is 21.9. The predicted molar refractivity (Wildman–Crippen MR) is 131 cm³/mol. The Balaban J connectivity index is 1.12. The van der Waals surface area contributed by atoms with E-state index >= 15 is 0 Å². The first-order valence-electron chi connectivity index (χ1n) is 11.9. The van der Waals surface area contributed by atoms with Crippen molar-refractivity contribution in [2.24, 2.45) is 0 Å². The molecule has 1 saturated heterocycles. The van der Waals surface area contributed by atoms with Crippen LogP contribution in [0.2, 0.25) is 5.02 Å². The maximum Gasteiger partial charge on any atom is 0.165 e. The van der Waals surface area contributed by atoms with E-state index in [0.29, 0.717) is 0 Å². The van der Waals surface area contributed by atoms with E-state index in [1.54, 1.807) is 6.33 Å². The number of nitrogens with one attached hydrogen (secondary N) is 1. The maximum atomic E-state index is 6.21. The van der Waals surface area contributed by atoms with E-state index < -0.39 is 0 Å². The molecule has 5 rings (SSSR count). The third-order valence-corrected chi connectivity index (χ3v) is 6.96. The lowest BCUT2D eigenvalue weighted by atomic mass is 10.1. The molecular weight excluding hydrogens is 422 g/mol. The largest absolute Gasteiger partial charge is 0.369 e. The number of anilines is 2. The maximum absolute atomic E-state index is 6.21. The molecule has 2 aromatic heterocycles. The van der Waals surface area contributed by atoms with Gasteiger partial charge in [-0.2, -0.15) is 0 Å². The van der Waals surface area contributed by atoms with Gasteiger partial charge in [-0.15, -0.1) is 0 Å². The van der Waals surface area contributed by atoms with Crippen LogP contribution in [0.5, 0.6) is 0 Å². The number of imidazole rings is 1. The second kappa shape index (κ2) is 9.63. The van der Waals surface area contributed by atoms with Gasteiger partial charge in [0.1, 0.15) is 12.2 Å². The van der Waals surface area contributed by atoms with Gasteiger partial charge in [-0.3, -0.25) is 4.90 Å². The number of halogens is 1. The van der Waals surface area contributed by atoms with Crippen LogP contribution in [-0.4, -0.2) is 63.7 Å². The summed E-state index contributed by atoms with van der Waals surface area (Å²) < 4.78 is 2.29. The second-order valence-electron chi connectivity index (χ2n) is 8.92. The summed E-state index contributed by atoms with van der Waals surface area (Å²) in [7, 11) is 0. The monoisotopic (exact) mass is 453 g/mol. The number of hydrogen-bond acceptors (Lipinski definition) is 6. The Hall–Kier alpha value is -2.38. The average molecular weight is 454 g/mol. The highest BCUT2D eigenvalue weighted by molar-refractivity contribution is 6.30. The summed E-state index contributed by atoms with van der Waals surface area (Å²) >= 11 is 6.21. The third-order valence-electron chi connectivity index (χ3n) is 6.72. The Bertz CT molecular complexity index is 1070.